The largest absolute Gasteiger partial charge is 0.480 e. The number of carboxylic acids is 1. The number of nitrogens with one attached hydrogen (secondary N) is 1. The number of benzene rings is 1. The predicted octanol–water partition coefficient (Wildman–Crippen LogP) is 2.38. The van der Waals surface area contributed by atoms with Gasteiger partial charge < -0.3 is 15.3 Å². The van der Waals surface area contributed by atoms with Gasteiger partial charge in [0.25, 0.3) is 5.91 Å². The Morgan fingerprint density at radius 3 is 2.42 bits per heavy atom. The molecule has 6 nitrogen and oxygen atoms in total. The first kappa shape index (κ1) is 18.8. The van der Waals surface area contributed by atoms with Crippen LogP contribution >= 0.6 is 11.8 Å². The molecule has 1 atom stereocenters. The molecule has 1 aromatic rings. The summed E-state index contributed by atoms with van der Waals surface area (Å²) in [5.74, 6) is -0.587. The number of amides is 2. The van der Waals surface area contributed by atoms with Crippen molar-refractivity contribution in [3.8, 4) is 0 Å². The smallest absolute Gasteiger partial charge is 0.316 e. The average Bonchev–Trinajstić information content (AvgIpc) is 3.47. The first-order valence-electron chi connectivity index (χ1n) is 9.04. The van der Waals surface area contributed by atoms with E-state index in [1.807, 2.05) is 4.90 Å². The number of carbonyl (C=O) groups is 3. The van der Waals surface area contributed by atoms with Gasteiger partial charge in [0, 0.05) is 29.9 Å². The van der Waals surface area contributed by atoms with Gasteiger partial charge in [0.05, 0.1) is 5.56 Å². The molecule has 2 N–H and O–H groups in total. The number of thioether (sulfide) groups is 1. The summed E-state index contributed by atoms with van der Waals surface area (Å²) in [7, 11) is 0. The van der Waals surface area contributed by atoms with Crippen molar-refractivity contribution in [2.24, 2.45) is 5.92 Å². The summed E-state index contributed by atoms with van der Waals surface area (Å²) in [6.07, 6.45) is 3.54. The van der Waals surface area contributed by atoms with Crippen LogP contribution in [0.4, 0.5) is 0 Å². The van der Waals surface area contributed by atoms with Crippen LogP contribution in [0.15, 0.2) is 29.2 Å². The highest BCUT2D eigenvalue weighted by Gasteiger charge is 2.35. The lowest BCUT2D eigenvalue weighted by Gasteiger charge is -2.32. The fourth-order valence-corrected chi connectivity index (χ4v) is 4.02. The second-order valence-corrected chi connectivity index (χ2v) is 8.32. The predicted molar refractivity (Wildman–Crippen MR) is 99.2 cm³/mol. The van der Waals surface area contributed by atoms with E-state index in [1.54, 1.807) is 31.2 Å². The molecule has 140 valence electrons. The third-order valence-corrected chi connectivity index (χ3v) is 6.02. The van der Waals surface area contributed by atoms with Crippen molar-refractivity contribution in [3.05, 3.63) is 29.8 Å². The standard InChI is InChI=1S/C19H24N2O4S/c1-12(19(24)25)26-16-5-3-2-4-15(16)17(22)20-14-8-10-21(11-9-14)18(23)13-6-7-13/h2-5,12-14H,6-11H2,1H3,(H,20,22)(H,24,25). The molecule has 26 heavy (non-hydrogen) atoms. The van der Waals surface area contributed by atoms with Crippen molar-refractivity contribution in [1.82, 2.24) is 10.2 Å². The van der Waals surface area contributed by atoms with Crippen LogP contribution in [0.1, 0.15) is 43.0 Å². The van der Waals surface area contributed by atoms with Gasteiger partial charge in [0.1, 0.15) is 5.25 Å². The number of hydrogen-bond donors (Lipinski definition) is 2. The van der Waals surface area contributed by atoms with Crippen molar-refractivity contribution in [3.63, 3.8) is 0 Å². The number of likely N-dealkylation sites (tertiary alicyclic amines) is 1. The first-order chi connectivity index (χ1) is 12.5. The fourth-order valence-electron chi connectivity index (χ4n) is 3.09. The van der Waals surface area contributed by atoms with Gasteiger partial charge >= 0.3 is 5.97 Å². The van der Waals surface area contributed by atoms with Crippen LogP contribution in [0.5, 0.6) is 0 Å². The van der Waals surface area contributed by atoms with Crippen LogP contribution in [0.2, 0.25) is 0 Å². The maximum atomic E-state index is 12.7. The van der Waals surface area contributed by atoms with Crippen LogP contribution in [0.25, 0.3) is 0 Å². The van der Waals surface area contributed by atoms with E-state index < -0.39 is 11.2 Å². The number of piperidine rings is 1. The second-order valence-electron chi connectivity index (χ2n) is 6.94. The molecule has 0 aromatic heterocycles. The van der Waals surface area contributed by atoms with E-state index in [0.29, 0.717) is 23.5 Å². The summed E-state index contributed by atoms with van der Waals surface area (Å²) in [6.45, 7) is 2.98. The molecule has 1 aliphatic carbocycles. The maximum absolute atomic E-state index is 12.7. The van der Waals surface area contributed by atoms with Crippen molar-refractivity contribution in [2.45, 2.75) is 48.8 Å². The molecule has 0 spiro atoms. The summed E-state index contributed by atoms with van der Waals surface area (Å²) >= 11 is 1.17. The molecule has 3 rings (SSSR count). The van der Waals surface area contributed by atoms with Gasteiger partial charge in [-0.15, -0.1) is 11.8 Å². The monoisotopic (exact) mass is 376 g/mol. The SMILES string of the molecule is CC(Sc1ccccc1C(=O)NC1CCN(C(=O)C2CC2)CC1)C(=O)O. The van der Waals surface area contributed by atoms with E-state index in [1.165, 1.54) is 11.8 Å². The molecule has 0 bridgehead atoms. The average molecular weight is 376 g/mol. The minimum atomic E-state index is -0.905. The minimum Gasteiger partial charge on any atom is -0.480 e. The van der Waals surface area contributed by atoms with E-state index >= 15 is 0 Å². The number of hydrogen-bond acceptors (Lipinski definition) is 4. The Morgan fingerprint density at radius 2 is 1.81 bits per heavy atom. The highest BCUT2D eigenvalue weighted by atomic mass is 32.2. The van der Waals surface area contributed by atoms with Crippen molar-refractivity contribution < 1.29 is 19.5 Å². The summed E-state index contributed by atoms with van der Waals surface area (Å²) in [5.41, 5.74) is 0.502. The minimum absolute atomic E-state index is 0.0423. The van der Waals surface area contributed by atoms with Crippen LogP contribution in [-0.4, -0.2) is 52.2 Å². The Bertz CT molecular complexity index is 697. The van der Waals surface area contributed by atoms with Crippen molar-refractivity contribution in [1.29, 1.82) is 0 Å². The van der Waals surface area contributed by atoms with Gasteiger partial charge in [-0.05, 0) is 44.7 Å². The first-order valence-corrected chi connectivity index (χ1v) is 9.92. The van der Waals surface area contributed by atoms with Gasteiger partial charge in [0.2, 0.25) is 5.91 Å². The third kappa shape index (κ3) is 4.58. The number of nitrogens with zero attached hydrogens (tertiary/aromatic N) is 1. The highest BCUT2D eigenvalue weighted by molar-refractivity contribution is 8.00. The van der Waals surface area contributed by atoms with Gasteiger partial charge in [-0.3, -0.25) is 14.4 Å². The zero-order valence-electron chi connectivity index (χ0n) is 14.8. The van der Waals surface area contributed by atoms with Crippen LogP contribution < -0.4 is 5.32 Å². The fraction of sp³-hybridized carbons (Fsp3) is 0.526. The van der Waals surface area contributed by atoms with Crippen molar-refractivity contribution >= 4 is 29.5 Å². The Morgan fingerprint density at radius 1 is 1.15 bits per heavy atom. The Kier molecular flexibility index (Phi) is 5.86. The van der Waals surface area contributed by atoms with E-state index in [-0.39, 0.29) is 23.8 Å². The molecule has 1 aliphatic heterocycles. The molecule has 1 saturated heterocycles. The molecule has 0 radical (unpaired) electrons. The lowest BCUT2D eigenvalue weighted by atomic mass is 10.0. The van der Waals surface area contributed by atoms with Gasteiger partial charge in [-0.1, -0.05) is 12.1 Å². The molecule has 1 heterocycles. The number of carboxylic acid groups (broad SMARTS) is 1. The van der Waals surface area contributed by atoms with E-state index in [4.69, 9.17) is 5.11 Å². The van der Waals surface area contributed by atoms with Crippen molar-refractivity contribution in [2.75, 3.05) is 13.1 Å². The normalized spacial score (nSPS) is 19.0. The summed E-state index contributed by atoms with van der Waals surface area (Å²) in [6, 6.07) is 7.12. The van der Waals surface area contributed by atoms with Gasteiger partial charge in [-0.25, -0.2) is 0 Å². The van der Waals surface area contributed by atoms with Gasteiger partial charge in [-0.2, -0.15) is 0 Å². The number of aliphatic carboxylic acids is 1. The molecule has 2 aliphatic rings. The number of rotatable bonds is 6. The Balaban J connectivity index is 1.57. The molecule has 1 saturated carbocycles. The van der Waals surface area contributed by atoms with Crippen LogP contribution in [0.3, 0.4) is 0 Å². The van der Waals surface area contributed by atoms with Crippen LogP contribution in [0, 0.1) is 5.92 Å². The molecule has 7 heteroatoms. The summed E-state index contributed by atoms with van der Waals surface area (Å²) in [5, 5.41) is 11.5. The molecule has 1 unspecified atom stereocenters. The highest BCUT2D eigenvalue weighted by Crippen LogP contribution is 2.32. The number of carbonyl (C=O) groups excluding carboxylic acids is 2. The quantitative estimate of drug-likeness (QED) is 0.745. The summed E-state index contributed by atoms with van der Waals surface area (Å²) < 4.78 is 0. The van der Waals surface area contributed by atoms with E-state index in [0.717, 1.165) is 25.7 Å². The lowest BCUT2D eigenvalue weighted by molar-refractivity contribution is -0.136. The van der Waals surface area contributed by atoms with Gasteiger partial charge in [0.15, 0.2) is 0 Å². The topological polar surface area (TPSA) is 86.7 Å². The summed E-state index contributed by atoms with van der Waals surface area (Å²) in [4.78, 5) is 38.4. The second kappa shape index (κ2) is 8.12. The molecule has 2 amide bonds. The Hall–Kier alpha value is -2.02. The third-order valence-electron chi connectivity index (χ3n) is 4.85. The van der Waals surface area contributed by atoms with Crippen LogP contribution in [-0.2, 0) is 9.59 Å². The zero-order chi connectivity index (χ0) is 18.7. The Labute approximate surface area is 157 Å². The molecule has 2 fully saturated rings. The zero-order valence-corrected chi connectivity index (χ0v) is 15.6. The van der Waals surface area contributed by atoms with E-state index in [2.05, 4.69) is 5.32 Å². The van der Waals surface area contributed by atoms with E-state index in [9.17, 15) is 14.4 Å². The maximum Gasteiger partial charge on any atom is 0.316 e. The molecular formula is C19H24N2O4S. The molecule has 1 aromatic carbocycles. The lowest BCUT2D eigenvalue weighted by Crippen LogP contribution is -2.47. The molecular weight excluding hydrogens is 352 g/mol.